The van der Waals surface area contributed by atoms with E-state index < -0.39 is 6.04 Å². The smallest absolute Gasteiger partial charge is 0.322 e. The van der Waals surface area contributed by atoms with Gasteiger partial charge < -0.3 is 10.5 Å². The van der Waals surface area contributed by atoms with Crippen LogP contribution in [0.4, 0.5) is 0 Å². The van der Waals surface area contributed by atoms with E-state index in [1.54, 1.807) is 6.92 Å². The van der Waals surface area contributed by atoms with Crippen molar-refractivity contribution in [3.05, 3.63) is 0 Å². The van der Waals surface area contributed by atoms with Gasteiger partial charge in [-0.3, -0.25) is 4.79 Å². The van der Waals surface area contributed by atoms with E-state index in [9.17, 15) is 4.79 Å². The number of rotatable bonds is 8. The van der Waals surface area contributed by atoms with Crippen LogP contribution in [0.2, 0.25) is 0 Å². The lowest BCUT2D eigenvalue weighted by Crippen LogP contribution is -2.32. The van der Waals surface area contributed by atoms with E-state index in [-0.39, 0.29) is 5.97 Å². The van der Waals surface area contributed by atoms with Crippen LogP contribution in [0.15, 0.2) is 0 Å². The fourth-order valence-corrected chi connectivity index (χ4v) is 1.33. The molecule has 0 aliphatic heterocycles. The molecular formula is C11H23NO2. The highest BCUT2D eigenvalue weighted by molar-refractivity contribution is 5.75. The largest absolute Gasteiger partial charge is 0.465 e. The van der Waals surface area contributed by atoms with Crippen LogP contribution in [0, 0.1) is 0 Å². The summed E-state index contributed by atoms with van der Waals surface area (Å²) in [7, 11) is 0. The molecule has 3 heteroatoms. The van der Waals surface area contributed by atoms with Crippen LogP contribution in [0.25, 0.3) is 0 Å². The number of carbonyl (C=O) groups excluding carboxylic acids is 1. The molecule has 1 atom stereocenters. The molecule has 2 N–H and O–H groups in total. The predicted octanol–water partition coefficient (Wildman–Crippen LogP) is 2.24. The molecule has 0 spiro atoms. The molecule has 0 heterocycles. The van der Waals surface area contributed by atoms with Gasteiger partial charge in [0.05, 0.1) is 6.61 Å². The molecule has 14 heavy (non-hydrogen) atoms. The van der Waals surface area contributed by atoms with Gasteiger partial charge in [-0.05, 0) is 13.3 Å². The van der Waals surface area contributed by atoms with Gasteiger partial charge in [-0.2, -0.15) is 0 Å². The van der Waals surface area contributed by atoms with Crippen LogP contribution in [0.1, 0.15) is 52.4 Å². The van der Waals surface area contributed by atoms with E-state index in [1.807, 2.05) is 0 Å². The monoisotopic (exact) mass is 201 g/mol. The molecule has 0 saturated heterocycles. The molecule has 0 aliphatic rings. The second kappa shape index (κ2) is 9.00. The van der Waals surface area contributed by atoms with Crippen LogP contribution >= 0.6 is 0 Å². The van der Waals surface area contributed by atoms with Crippen molar-refractivity contribution < 1.29 is 9.53 Å². The van der Waals surface area contributed by atoms with Gasteiger partial charge in [-0.25, -0.2) is 0 Å². The summed E-state index contributed by atoms with van der Waals surface area (Å²) in [5.41, 5.74) is 5.64. The van der Waals surface area contributed by atoms with E-state index in [0.717, 1.165) is 12.8 Å². The number of unbranched alkanes of at least 4 members (excludes halogenated alkanes) is 4. The van der Waals surface area contributed by atoms with Gasteiger partial charge >= 0.3 is 5.97 Å². The number of carbonyl (C=O) groups is 1. The van der Waals surface area contributed by atoms with Gasteiger partial charge in [0.15, 0.2) is 0 Å². The first-order valence-corrected chi connectivity index (χ1v) is 5.64. The summed E-state index contributed by atoms with van der Waals surface area (Å²) in [6.07, 6.45) is 6.70. The zero-order valence-corrected chi connectivity index (χ0v) is 9.42. The van der Waals surface area contributed by atoms with Crippen molar-refractivity contribution in [3.8, 4) is 0 Å². The minimum atomic E-state index is -0.420. The highest BCUT2D eigenvalue weighted by Crippen LogP contribution is 2.06. The molecule has 0 aromatic heterocycles. The summed E-state index contributed by atoms with van der Waals surface area (Å²) < 4.78 is 4.82. The molecule has 0 fully saturated rings. The lowest BCUT2D eigenvalue weighted by molar-refractivity contribution is -0.144. The summed E-state index contributed by atoms with van der Waals surface area (Å²) in [5.74, 6) is -0.261. The molecule has 0 unspecified atom stereocenters. The van der Waals surface area contributed by atoms with E-state index in [4.69, 9.17) is 10.5 Å². The minimum Gasteiger partial charge on any atom is -0.465 e. The second-order valence-corrected chi connectivity index (χ2v) is 3.56. The molecule has 0 aliphatic carbocycles. The Bertz CT molecular complexity index is 148. The Morgan fingerprint density at radius 2 is 1.86 bits per heavy atom. The molecule has 3 nitrogen and oxygen atoms in total. The molecule has 0 amide bonds. The highest BCUT2D eigenvalue weighted by Gasteiger charge is 2.13. The summed E-state index contributed by atoms with van der Waals surface area (Å²) in [5, 5.41) is 0. The molecule has 0 saturated carbocycles. The standard InChI is InChI=1S/C11H23NO2/c1-3-5-6-7-8-9-10(12)11(13)14-4-2/h10H,3-9,12H2,1-2H3/t10-/m0/s1. The van der Waals surface area contributed by atoms with Crippen LogP contribution in [-0.2, 0) is 9.53 Å². The summed E-state index contributed by atoms with van der Waals surface area (Å²) >= 11 is 0. The Balaban J connectivity index is 3.34. The number of hydrogen-bond acceptors (Lipinski definition) is 3. The van der Waals surface area contributed by atoms with Gasteiger partial charge in [-0.1, -0.05) is 39.0 Å². The average molecular weight is 201 g/mol. The van der Waals surface area contributed by atoms with Crippen molar-refractivity contribution in [3.63, 3.8) is 0 Å². The molecule has 0 aromatic rings. The van der Waals surface area contributed by atoms with Crippen molar-refractivity contribution in [1.29, 1.82) is 0 Å². The number of hydrogen-bond donors (Lipinski definition) is 1. The summed E-state index contributed by atoms with van der Waals surface area (Å²) in [6, 6.07) is -0.420. The van der Waals surface area contributed by atoms with Gasteiger partial charge in [0.1, 0.15) is 6.04 Å². The van der Waals surface area contributed by atoms with Crippen LogP contribution in [0.5, 0.6) is 0 Å². The molecule has 0 rings (SSSR count). The molecular weight excluding hydrogens is 178 g/mol. The Labute approximate surface area is 87.0 Å². The van der Waals surface area contributed by atoms with Crippen molar-refractivity contribution in [2.75, 3.05) is 6.61 Å². The van der Waals surface area contributed by atoms with Crippen molar-refractivity contribution in [2.24, 2.45) is 5.73 Å². The first-order valence-electron chi connectivity index (χ1n) is 5.64. The van der Waals surface area contributed by atoms with Crippen molar-refractivity contribution >= 4 is 5.97 Å². The van der Waals surface area contributed by atoms with Gasteiger partial charge in [-0.15, -0.1) is 0 Å². The number of ether oxygens (including phenoxy) is 1. The molecule has 0 aromatic carbocycles. The van der Waals surface area contributed by atoms with E-state index in [1.165, 1.54) is 25.7 Å². The van der Waals surface area contributed by atoms with Gasteiger partial charge in [0.2, 0.25) is 0 Å². The Morgan fingerprint density at radius 3 is 2.43 bits per heavy atom. The maximum Gasteiger partial charge on any atom is 0.322 e. The van der Waals surface area contributed by atoms with E-state index in [2.05, 4.69) is 6.92 Å². The third kappa shape index (κ3) is 6.89. The zero-order chi connectivity index (χ0) is 10.8. The highest BCUT2D eigenvalue weighted by atomic mass is 16.5. The molecule has 0 radical (unpaired) electrons. The molecule has 0 bridgehead atoms. The normalized spacial score (nSPS) is 12.5. The third-order valence-corrected chi connectivity index (χ3v) is 2.21. The Kier molecular flexibility index (Phi) is 8.64. The number of esters is 1. The maximum absolute atomic E-state index is 11.1. The fourth-order valence-electron chi connectivity index (χ4n) is 1.33. The Morgan fingerprint density at radius 1 is 1.21 bits per heavy atom. The van der Waals surface area contributed by atoms with Crippen molar-refractivity contribution in [1.82, 2.24) is 0 Å². The van der Waals surface area contributed by atoms with Gasteiger partial charge in [0, 0.05) is 0 Å². The first kappa shape index (κ1) is 13.4. The number of nitrogens with two attached hydrogens (primary N) is 1. The lowest BCUT2D eigenvalue weighted by atomic mass is 10.1. The fraction of sp³-hybridized carbons (Fsp3) is 0.909. The quantitative estimate of drug-likeness (QED) is 0.484. The van der Waals surface area contributed by atoms with Crippen LogP contribution in [-0.4, -0.2) is 18.6 Å². The summed E-state index contributed by atoms with van der Waals surface area (Å²) in [6.45, 7) is 4.40. The zero-order valence-electron chi connectivity index (χ0n) is 9.42. The maximum atomic E-state index is 11.1. The predicted molar refractivity (Wildman–Crippen MR) is 58.0 cm³/mol. The van der Waals surface area contributed by atoms with Gasteiger partial charge in [0.25, 0.3) is 0 Å². The Hall–Kier alpha value is -0.570. The average Bonchev–Trinajstić information content (AvgIpc) is 2.17. The van der Waals surface area contributed by atoms with Crippen molar-refractivity contribution in [2.45, 2.75) is 58.4 Å². The topological polar surface area (TPSA) is 52.3 Å². The second-order valence-electron chi connectivity index (χ2n) is 3.56. The van der Waals surface area contributed by atoms with E-state index >= 15 is 0 Å². The first-order chi connectivity index (χ1) is 6.72. The minimum absolute atomic E-state index is 0.261. The van der Waals surface area contributed by atoms with Crippen LogP contribution in [0.3, 0.4) is 0 Å². The van der Waals surface area contributed by atoms with E-state index in [0.29, 0.717) is 6.61 Å². The summed E-state index contributed by atoms with van der Waals surface area (Å²) in [4.78, 5) is 11.1. The third-order valence-electron chi connectivity index (χ3n) is 2.21. The van der Waals surface area contributed by atoms with Crippen LogP contribution < -0.4 is 5.73 Å². The SMILES string of the molecule is CCCCCCC[C@H](N)C(=O)OCC. The lowest BCUT2D eigenvalue weighted by Gasteiger charge is -2.09. The molecule has 84 valence electrons.